The molecule has 0 spiro atoms. The van der Waals surface area contributed by atoms with Crippen LogP contribution in [0.3, 0.4) is 0 Å². The lowest BCUT2D eigenvalue weighted by Gasteiger charge is -2.24. The van der Waals surface area contributed by atoms with Crippen molar-refractivity contribution >= 4 is 104 Å². The van der Waals surface area contributed by atoms with E-state index in [-0.39, 0.29) is 5.41 Å². The highest BCUT2D eigenvalue weighted by Crippen LogP contribution is 2.45. The number of rotatable bonds is 10. The van der Waals surface area contributed by atoms with Gasteiger partial charge in [-0.3, -0.25) is 0 Å². The number of nitrogens with zero attached hydrogens (tertiary/aromatic N) is 2. The summed E-state index contributed by atoms with van der Waals surface area (Å²) in [7, 11) is -3.95. The van der Waals surface area contributed by atoms with Gasteiger partial charge in [0.05, 0.1) is 22.1 Å². The fourth-order valence-electron chi connectivity index (χ4n) is 12.1. The molecule has 0 unspecified atom stereocenters. The first-order chi connectivity index (χ1) is 37.8. The highest BCUT2D eigenvalue weighted by molar-refractivity contribution is 6.94. The summed E-state index contributed by atoms with van der Waals surface area (Å²) in [6.07, 6.45) is 4.67. The molecule has 0 amide bonds. The molecule has 378 valence electrons. The van der Waals surface area contributed by atoms with Crippen LogP contribution in [0.4, 0.5) is 0 Å². The zero-order valence-electron chi connectivity index (χ0n) is 45.7. The molecule has 0 aliphatic rings. The van der Waals surface area contributed by atoms with Crippen LogP contribution in [-0.4, -0.2) is 25.3 Å². The zero-order chi connectivity index (χ0) is 53.3. The van der Waals surface area contributed by atoms with Crippen LogP contribution in [0.5, 0.6) is 0 Å². The largest absolute Gasteiger partial charge is 0.309 e. The predicted molar refractivity (Wildman–Crippen MR) is 345 cm³/mol. The first-order valence-electron chi connectivity index (χ1n) is 27.6. The van der Waals surface area contributed by atoms with E-state index in [1.807, 2.05) is 0 Å². The van der Waals surface area contributed by atoms with Crippen LogP contribution in [-0.2, 0) is 5.41 Å². The van der Waals surface area contributed by atoms with Gasteiger partial charge in [0.1, 0.15) is 16.1 Å². The molecule has 4 heteroatoms. The van der Waals surface area contributed by atoms with Gasteiger partial charge in [-0.2, -0.15) is 0 Å². The fourth-order valence-corrected chi connectivity index (χ4v) is 15.7. The molecule has 0 saturated carbocycles. The minimum atomic E-state index is -1.98. The average Bonchev–Trinajstić information content (AvgIpc) is 4.15. The summed E-state index contributed by atoms with van der Waals surface area (Å²) < 4.78 is 4.77. The van der Waals surface area contributed by atoms with Crippen LogP contribution < -0.4 is 10.4 Å². The van der Waals surface area contributed by atoms with E-state index in [2.05, 4.69) is 316 Å². The van der Waals surface area contributed by atoms with Crippen LogP contribution in [0.15, 0.2) is 248 Å². The summed E-state index contributed by atoms with van der Waals surface area (Å²) in [5.41, 5.74) is 21.1. The normalized spacial score (nSPS) is 12.7. The highest BCUT2D eigenvalue weighted by Gasteiger charge is 2.25. The molecule has 13 rings (SSSR count). The SMILES string of the molecule is CC(C)(C)c1ccc2c(-c3ccc([Si](C)(C)/C=C/c4ccc(-n5c6ccccc6c6ccccc65)cc4)cc3)c3ccccc3c(-c3ccc([Si](C)(C)/C=C/c4ccc(-n5c6ccccc6c6ccccc65)cc4)cc3)c2c1. The summed E-state index contributed by atoms with van der Waals surface area (Å²) in [5, 5.41) is 13.1. The van der Waals surface area contributed by atoms with Gasteiger partial charge in [0.15, 0.2) is 0 Å². The number of fused-ring (bicyclic) bond motifs is 8. The van der Waals surface area contributed by atoms with Crippen molar-refractivity contribution in [2.24, 2.45) is 0 Å². The third kappa shape index (κ3) is 8.66. The van der Waals surface area contributed by atoms with E-state index < -0.39 is 16.1 Å². The fraction of sp³-hybridized carbons (Fsp3) is 0.108. The van der Waals surface area contributed by atoms with Gasteiger partial charge < -0.3 is 9.13 Å². The topological polar surface area (TPSA) is 9.86 Å². The second-order valence-corrected chi connectivity index (χ2v) is 32.2. The molecule has 0 aliphatic carbocycles. The van der Waals surface area contributed by atoms with Gasteiger partial charge in [0.25, 0.3) is 0 Å². The van der Waals surface area contributed by atoms with Crippen molar-refractivity contribution in [3.05, 3.63) is 265 Å². The lowest BCUT2D eigenvalue weighted by molar-refractivity contribution is 0.591. The molecule has 0 aliphatic heterocycles. The van der Waals surface area contributed by atoms with E-state index in [1.165, 1.54) is 126 Å². The maximum absolute atomic E-state index is 2.49. The Labute approximate surface area is 460 Å². The van der Waals surface area contributed by atoms with Gasteiger partial charge >= 0.3 is 0 Å². The van der Waals surface area contributed by atoms with Crippen LogP contribution >= 0.6 is 0 Å². The van der Waals surface area contributed by atoms with Crippen LogP contribution in [0, 0.1) is 0 Å². The van der Waals surface area contributed by atoms with Gasteiger partial charge in [-0.1, -0.05) is 263 Å². The third-order valence-corrected chi connectivity index (χ3v) is 22.2. The van der Waals surface area contributed by atoms with Crippen molar-refractivity contribution in [3.8, 4) is 33.6 Å². The Kier molecular flexibility index (Phi) is 12.1. The monoisotopic (exact) mass is 1040 g/mol. The van der Waals surface area contributed by atoms with Crippen LogP contribution in [0.2, 0.25) is 26.2 Å². The molecular weight excluding hydrogens is 973 g/mol. The van der Waals surface area contributed by atoms with E-state index in [0.717, 1.165) is 0 Å². The van der Waals surface area contributed by atoms with Gasteiger partial charge in [-0.05, 0) is 121 Å². The molecule has 2 aromatic heterocycles. The van der Waals surface area contributed by atoms with E-state index in [9.17, 15) is 0 Å². The molecule has 0 radical (unpaired) electrons. The summed E-state index contributed by atoms with van der Waals surface area (Å²) in [6, 6.07) is 88.4. The smallest absolute Gasteiger partial charge is 0.104 e. The lowest BCUT2D eigenvalue weighted by Crippen LogP contribution is -2.39. The Hall–Kier alpha value is -8.55. The first kappa shape index (κ1) is 49.1. The molecule has 0 bridgehead atoms. The van der Waals surface area contributed by atoms with Crippen LogP contribution in [0.25, 0.3) is 111 Å². The van der Waals surface area contributed by atoms with E-state index in [0.29, 0.717) is 0 Å². The quantitative estimate of drug-likeness (QED) is 0.0954. The van der Waals surface area contributed by atoms with Crippen molar-refractivity contribution in [2.75, 3.05) is 0 Å². The minimum absolute atomic E-state index is 0.00575. The average molecular weight is 1040 g/mol. The Morgan fingerprint density at radius 1 is 0.321 bits per heavy atom. The van der Waals surface area contributed by atoms with Crippen molar-refractivity contribution in [2.45, 2.75) is 52.4 Å². The summed E-state index contributed by atoms with van der Waals surface area (Å²) >= 11 is 0. The zero-order valence-corrected chi connectivity index (χ0v) is 47.7. The lowest BCUT2D eigenvalue weighted by atomic mass is 9.81. The minimum Gasteiger partial charge on any atom is -0.309 e. The first-order valence-corrected chi connectivity index (χ1v) is 33.7. The number of benzene rings is 11. The second-order valence-electron chi connectivity index (χ2n) is 23.5. The molecule has 2 heterocycles. The van der Waals surface area contributed by atoms with Gasteiger partial charge in [-0.15, -0.1) is 0 Å². The summed E-state index contributed by atoms with van der Waals surface area (Å²) in [6.45, 7) is 16.8. The molecule has 78 heavy (non-hydrogen) atoms. The molecule has 0 N–H and O–H groups in total. The van der Waals surface area contributed by atoms with E-state index >= 15 is 0 Å². The summed E-state index contributed by atoms with van der Waals surface area (Å²) in [4.78, 5) is 0. The maximum Gasteiger partial charge on any atom is 0.104 e. The predicted octanol–water partition coefficient (Wildman–Crippen LogP) is 19.2. The second kappa shape index (κ2) is 19.2. The molecule has 0 fully saturated rings. The number of hydrogen-bond donors (Lipinski definition) is 0. The van der Waals surface area contributed by atoms with Gasteiger partial charge in [0.2, 0.25) is 0 Å². The Bertz CT molecular complexity index is 4380. The number of hydrogen-bond acceptors (Lipinski definition) is 0. The van der Waals surface area contributed by atoms with Gasteiger partial charge in [0, 0.05) is 32.9 Å². The van der Waals surface area contributed by atoms with Gasteiger partial charge in [-0.25, -0.2) is 0 Å². The Balaban J connectivity index is 0.792. The van der Waals surface area contributed by atoms with Crippen molar-refractivity contribution in [1.29, 1.82) is 0 Å². The number of para-hydroxylation sites is 4. The van der Waals surface area contributed by atoms with E-state index in [4.69, 9.17) is 0 Å². The third-order valence-electron chi connectivity index (χ3n) is 16.6. The molecular formula is C74H64N2Si2. The number of aromatic nitrogens is 2. The maximum atomic E-state index is 2.49. The van der Waals surface area contributed by atoms with Crippen molar-refractivity contribution < 1.29 is 0 Å². The molecule has 13 aromatic rings. The van der Waals surface area contributed by atoms with Crippen molar-refractivity contribution in [3.63, 3.8) is 0 Å². The molecule has 2 nitrogen and oxygen atoms in total. The van der Waals surface area contributed by atoms with Crippen LogP contribution in [0.1, 0.15) is 37.5 Å². The summed E-state index contributed by atoms with van der Waals surface area (Å²) in [5.74, 6) is 0. The molecule has 11 aromatic carbocycles. The van der Waals surface area contributed by atoms with E-state index in [1.54, 1.807) is 0 Å². The molecule has 0 saturated heterocycles. The van der Waals surface area contributed by atoms with Crippen molar-refractivity contribution in [1.82, 2.24) is 9.13 Å². The molecule has 0 atom stereocenters. The Morgan fingerprint density at radius 2 is 0.641 bits per heavy atom. The standard InChI is InChI=1S/C74H64N2Si2/c1-74(2,3)55-36-45-66-67(50-55)73(54-34-43-59(44-35-54)78(6,7)49-47-52-30-39-57(40-31-52)76-70-26-16-12-20-62(70)63-21-13-17-27-71(63)76)65-23-9-8-22-64(65)72(66)53-32-41-58(42-33-53)77(4,5)48-46-51-28-37-56(38-29-51)75-68-24-14-10-18-60(68)61-19-11-15-25-69(61)75/h8-50H,1-7H3/b48-46+,49-47+. The highest BCUT2D eigenvalue weighted by atomic mass is 28.3. The Morgan fingerprint density at radius 3 is 1.00 bits per heavy atom.